The summed E-state index contributed by atoms with van der Waals surface area (Å²) in [7, 11) is 0. The van der Waals surface area contributed by atoms with Crippen LogP contribution in [0.5, 0.6) is 0 Å². The van der Waals surface area contributed by atoms with E-state index in [9.17, 15) is 4.79 Å². The third-order valence-corrected chi connectivity index (χ3v) is 6.13. The van der Waals surface area contributed by atoms with Gasteiger partial charge in [0.05, 0.1) is 0 Å². The van der Waals surface area contributed by atoms with Crippen molar-refractivity contribution in [3.8, 4) is 0 Å². The minimum absolute atomic E-state index is 0.228. The van der Waals surface area contributed by atoms with Crippen molar-refractivity contribution in [2.75, 3.05) is 18.4 Å². The van der Waals surface area contributed by atoms with E-state index >= 15 is 0 Å². The number of piperidine rings is 1. The molecule has 0 spiro atoms. The summed E-state index contributed by atoms with van der Waals surface area (Å²) in [6.45, 7) is 2.19. The molecule has 4 rings (SSSR count). The Hall–Kier alpha value is -0.940. The van der Waals surface area contributed by atoms with Gasteiger partial charge in [-0.15, -0.1) is 11.3 Å². The van der Waals surface area contributed by atoms with Crippen molar-refractivity contribution in [3.05, 3.63) is 11.1 Å². The standard InChI is InChI=1S/C16H23N3OS/c20-15(14(11-1-2-11)12-3-4-12)19-16-18-9-13(21-16)10-5-7-17-8-6-10/h9-12,14,17H,1-8H2,(H,18,19,20). The zero-order valence-corrected chi connectivity index (χ0v) is 13.1. The molecule has 0 bridgehead atoms. The summed E-state index contributed by atoms with van der Waals surface area (Å²) in [5.74, 6) is 2.42. The lowest BCUT2D eigenvalue weighted by atomic mass is 9.97. The number of thiazole rings is 1. The van der Waals surface area contributed by atoms with Gasteiger partial charge in [-0.05, 0) is 69.4 Å². The normalized spacial score (nSPS) is 23.5. The lowest BCUT2D eigenvalue weighted by molar-refractivity contribution is -0.121. The number of hydrogen-bond donors (Lipinski definition) is 2. The van der Waals surface area contributed by atoms with Gasteiger partial charge in [0.1, 0.15) is 0 Å². The summed E-state index contributed by atoms with van der Waals surface area (Å²) in [5, 5.41) is 7.29. The van der Waals surface area contributed by atoms with Crippen molar-refractivity contribution in [1.82, 2.24) is 10.3 Å². The molecule has 0 radical (unpaired) electrons. The molecule has 1 aromatic heterocycles. The monoisotopic (exact) mass is 305 g/mol. The fourth-order valence-corrected chi connectivity index (χ4v) is 4.54. The Morgan fingerprint density at radius 2 is 1.86 bits per heavy atom. The van der Waals surface area contributed by atoms with Gasteiger partial charge in [-0.1, -0.05) is 0 Å². The summed E-state index contributed by atoms with van der Waals surface area (Å²) in [6.07, 6.45) is 9.31. The van der Waals surface area contributed by atoms with E-state index in [2.05, 4.69) is 15.6 Å². The molecule has 1 amide bonds. The van der Waals surface area contributed by atoms with Crippen molar-refractivity contribution in [2.45, 2.75) is 44.4 Å². The average Bonchev–Trinajstić information content (AvgIpc) is 3.43. The Bertz CT molecular complexity index is 503. The van der Waals surface area contributed by atoms with Crippen molar-refractivity contribution in [2.24, 2.45) is 17.8 Å². The quantitative estimate of drug-likeness (QED) is 0.879. The van der Waals surface area contributed by atoms with Crippen molar-refractivity contribution < 1.29 is 4.79 Å². The number of hydrogen-bond acceptors (Lipinski definition) is 4. The molecule has 3 aliphatic rings. The van der Waals surface area contributed by atoms with Crippen LogP contribution < -0.4 is 10.6 Å². The maximum absolute atomic E-state index is 12.5. The minimum atomic E-state index is 0.228. The molecule has 2 aliphatic carbocycles. The summed E-state index contributed by atoms with van der Waals surface area (Å²) < 4.78 is 0. The Kier molecular flexibility index (Phi) is 3.71. The van der Waals surface area contributed by atoms with Crippen LogP contribution in [0.2, 0.25) is 0 Å². The van der Waals surface area contributed by atoms with Crippen molar-refractivity contribution >= 4 is 22.4 Å². The molecule has 2 N–H and O–H groups in total. The highest BCUT2D eigenvalue weighted by molar-refractivity contribution is 7.15. The summed E-state index contributed by atoms with van der Waals surface area (Å²) in [5.41, 5.74) is 0. The molecule has 3 fully saturated rings. The Morgan fingerprint density at radius 1 is 1.19 bits per heavy atom. The number of amides is 1. The summed E-state index contributed by atoms with van der Waals surface area (Å²) in [4.78, 5) is 18.3. The smallest absolute Gasteiger partial charge is 0.229 e. The zero-order valence-electron chi connectivity index (χ0n) is 12.3. The van der Waals surface area contributed by atoms with Gasteiger partial charge in [-0.2, -0.15) is 0 Å². The second-order valence-electron chi connectivity index (χ2n) is 6.78. The molecular weight excluding hydrogens is 282 g/mol. The van der Waals surface area contributed by atoms with E-state index in [0.717, 1.165) is 18.2 Å². The van der Waals surface area contributed by atoms with Crippen LogP contribution in [0.25, 0.3) is 0 Å². The van der Waals surface area contributed by atoms with E-state index in [1.165, 1.54) is 43.4 Å². The number of carbonyl (C=O) groups is 1. The van der Waals surface area contributed by atoms with Gasteiger partial charge in [0.15, 0.2) is 5.13 Å². The predicted octanol–water partition coefficient (Wildman–Crippen LogP) is 2.98. The lowest BCUT2D eigenvalue weighted by Gasteiger charge is -2.20. The first kappa shape index (κ1) is 13.7. The Morgan fingerprint density at radius 3 is 2.48 bits per heavy atom. The number of aromatic nitrogens is 1. The maximum atomic E-state index is 12.5. The fourth-order valence-electron chi connectivity index (χ4n) is 3.55. The number of rotatable bonds is 5. The van der Waals surface area contributed by atoms with Crippen LogP contribution in [0.1, 0.15) is 49.3 Å². The number of carbonyl (C=O) groups excluding carboxylic acids is 1. The number of anilines is 1. The van der Waals surface area contributed by atoms with E-state index in [0.29, 0.717) is 17.8 Å². The maximum Gasteiger partial charge on any atom is 0.229 e. The van der Waals surface area contributed by atoms with Crippen LogP contribution in [0.3, 0.4) is 0 Å². The van der Waals surface area contributed by atoms with Crippen molar-refractivity contribution in [3.63, 3.8) is 0 Å². The third-order valence-electron chi connectivity index (χ3n) is 5.06. The molecule has 4 nitrogen and oxygen atoms in total. The Balaban J connectivity index is 1.39. The van der Waals surface area contributed by atoms with Crippen LogP contribution in [0.4, 0.5) is 5.13 Å². The molecule has 1 aromatic rings. The van der Waals surface area contributed by atoms with Gasteiger partial charge in [-0.25, -0.2) is 4.98 Å². The third kappa shape index (κ3) is 3.14. The van der Waals surface area contributed by atoms with Gasteiger partial charge in [0.25, 0.3) is 0 Å². The zero-order chi connectivity index (χ0) is 14.2. The molecule has 2 saturated carbocycles. The molecular formula is C16H23N3OS. The first-order valence-electron chi connectivity index (χ1n) is 8.28. The lowest BCUT2D eigenvalue weighted by Crippen LogP contribution is -2.26. The molecule has 2 heterocycles. The molecule has 5 heteroatoms. The average molecular weight is 305 g/mol. The number of nitrogens with one attached hydrogen (secondary N) is 2. The first-order valence-corrected chi connectivity index (χ1v) is 9.10. The highest BCUT2D eigenvalue weighted by Gasteiger charge is 2.45. The first-order chi connectivity index (χ1) is 10.3. The Labute approximate surface area is 129 Å². The largest absolute Gasteiger partial charge is 0.317 e. The predicted molar refractivity (Wildman–Crippen MR) is 84.5 cm³/mol. The van der Waals surface area contributed by atoms with Crippen molar-refractivity contribution in [1.29, 1.82) is 0 Å². The topological polar surface area (TPSA) is 54.0 Å². The molecule has 0 unspecified atom stereocenters. The van der Waals surface area contributed by atoms with Crippen LogP contribution in [-0.2, 0) is 4.79 Å². The fraction of sp³-hybridized carbons (Fsp3) is 0.750. The van der Waals surface area contributed by atoms with Gasteiger partial charge in [-0.3, -0.25) is 4.79 Å². The van der Waals surface area contributed by atoms with E-state index in [-0.39, 0.29) is 11.8 Å². The molecule has 0 atom stereocenters. The van der Waals surface area contributed by atoms with Gasteiger partial charge >= 0.3 is 0 Å². The SMILES string of the molecule is O=C(Nc1ncc(C2CCNCC2)s1)C(C1CC1)C1CC1. The molecule has 1 aliphatic heterocycles. The van der Waals surface area contributed by atoms with Crippen LogP contribution in [0.15, 0.2) is 6.20 Å². The second kappa shape index (κ2) is 5.69. The van der Waals surface area contributed by atoms with Gasteiger partial charge < -0.3 is 10.6 Å². The summed E-state index contributed by atoms with van der Waals surface area (Å²) in [6, 6.07) is 0. The van der Waals surface area contributed by atoms with Gasteiger partial charge in [0, 0.05) is 17.0 Å². The molecule has 1 saturated heterocycles. The molecule has 21 heavy (non-hydrogen) atoms. The van der Waals surface area contributed by atoms with Crippen LogP contribution in [0, 0.1) is 17.8 Å². The number of nitrogens with zero attached hydrogens (tertiary/aromatic N) is 1. The second-order valence-corrected chi connectivity index (χ2v) is 7.84. The highest BCUT2D eigenvalue weighted by atomic mass is 32.1. The molecule has 0 aromatic carbocycles. The highest BCUT2D eigenvalue weighted by Crippen LogP contribution is 2.49. The van der Waals surface area contributed by atoms with E-state index < -0.39 is 0 Å². The molecule has 114 valence electrons. The van der Waals surface area contributed by atoms with Crippen LogP contribution >= 0.6 is 11.3 Å². The van der Waals surface area contributed by atoms with Crippen LogP contribution in [-0.4, -0.2) is 24.0 Å². The van der Waals surface area contributed by atoms with E-state index in [1.54, 1.807) is 11.3 Å². The van der Waals surface area contributed by atoms with E-state index in [1.807, 2.05) is 6.20 Å². The minimum Gasteiger partial charge on any atom is -0.317 e. The summed E-state index contributed by atoms with van der Waals surface area (Å²) >= 11 is 1.68. The van der Waals surface area contributed by atoms with Gasteiger partial charge in [0.2, 0.25) is 5.91 Å². The van der Waals surface area contributed by atoms with E-state index in [4.69, 9.17) is 0 Å².